The van der Waals surface area contributed by atoms with Crippen molar-refractivity contribution in [2.75, 3.05) is 25.9 Å². The van der Waals surface area contributed by atoms with Gasteiger partial charge in [-0.05, 0) is 42.0 Å². The Morgan fingerprint density at radius 2 is 2.00 bits per heavy atom. The first kappa shape index (κ1) is 20.3. The second kappa shape index (κ2) is 8.72. The molecule has 0 aliphatic carbocycles. The lowest BCUT2D eigenvalue weighted by atomic mass is 10.0. The van der Waals surface area contributed by atoms with Gasteiger partial charge in [0.15, 0.2) is 0 Å². The molecular weight excluding hydrogens is 372 g/mol. The highest BCUT2D eigenvalue weighted by atomic mass is 16.4. The molecule has 2 amide bonds. The SMILES string of the molecule is CN(C(=O)C=Cc1ccc2c(N)nccc2c1)C1CCN(C(=O)CC(=O)O)CC1. The van der Waals surface area contributed by atoms with Crippen LogP contribution in [0.1, 0.15) is 24.8 Å². The first-order valence-electron chi connectivity index (χ1n) is 9.44. The van der Waals surface area contributed by atoms with Crippen molar-refractivity contribution in [1.29, 1.82) is 0 Å². The van der Waals surface area contributed by atoms with E-state index in [0.717, 1.165) is 16.3 Å². The molecule has 8 nitrogen and oxygen atoms in total. The van der Waals surface area contributed by atoms with Crippen LogP contribution in [0.3, 0.4) is 0 Å². The zero-order valence-corrected chi connectivity index (χ0v) is 16.2. The number of pyridine rings is 1. The minimum atomic E-state index is -1.12. The number of nitrogen functional groups attached to an aromatic ring is 1. The fourth-order valence-corrected chi connectivity index (χ4v) is 3.53. The number of piperidine rings is 1. The lowest BCUT2D eigenvalue weighted by Crippen LogP contribution is -2.47. The van der Waals surface area contributed by atoms with Crippen molar-refractivity contribution >= 4 is 40.4 Å². The molecule has 0 unspecified atom stereocenters. The molecule has 0 saturated carbocycles. The molecule has 152 valence electrons. The van der Waals surface area contributed by atoms with Crippen LogP contribution in [0.5, 0.6) is 0 Å². The topological polar surface area (TPSA) is 117 Å². The number of hydrogen-bond donors (Lipinski definition) is 2. The summed E-state index contributed by atoms with van der Waals surface area (Å²) >= 11 is 0. The number of carbonyl (C=O) groups is 3. The van der Waals surface area contributed by atoms with Gasteiger partial charge in [-0.25, -0.2) is 4.98 Å². The highest BCUT2D eigenvalue weighted by Crippen LogP contribution is 2.21. The average molecular weight is 396 g/mol. The van der Waals surface area contributed by atoms with Crippen LogP contribution in [-0.4, -0.2) is 63.9 Å². The van der Waals surface area contributed by atoms with E-state index in [2.05, 4.69) is 4.98 Å². The van der Waals surface area contributed by atoms with Crippen LogP contribution < -0.4 is 5.73 Å². The molecule has 0 radical (unpaired) electrons. The predicted molar refractivity (Wildman–Crippen MR) is 110 cm³/mol. The number of carboxylic acids is 1. The third kappa shape index (κ3) is 4.90. The predicted octanol–water partition coefficient (Wildman–Crippen LogP) is 1.75. The lowest BCUT2D eigenvalue weighted by molar-refractivity contribution is -0.144. The number of likely N-dealkylation sites (tertiary alicyclic amines) is 1. The van der Waals surface area contributed by atoms with Crippen LogP contribution in [0.25, 0.3) is 16.8 Å². The zero-order valence-electron chi connectivity index (χ0n) is 16.2. The standard InChI is InChI=1S/C21H24N4O4/c1-24(16-7-10-25(11-8-16)19(27)13-20(28)29)18(26)5-3-14-2-4-17-15(12-14)6-9-23-21(17)22/h2-6,9,12,16H,7-8,10-11,13H2,1H3,(H2,22,23)(H,28,29). The molecule has 0 spiro atoms. The van der Waals surface area contributed by atoms with Gasteiger partial charge in [-0.3, -0.25) is 14.4 Å². The van der Waals surface area contributed by atoms with Crippen LogP contribution in [0.2, 0.25) is 0 Å². The molecule has 1 fully saturated rings. The lowest BCUT2D eigenvalue weighted by Gasteiger charge is -2.36. The van der Waals surface area contributed by atoms with Gasteiger partial charge in [0.2, 0.25) is 11.8 Å². The summed E-state index contributed by atoms with van der Waals surface area (Å²) < 4.78 is 0. The monoisotopic (exact) mass is 396 g/mol. The maximum atomic E-state index is 12.5. The van der Waals surface area contributed by atoms with E-state index < -0.39 is 12.4 Å². The smallest absolute Gasteiger partial charge is 0.312 e. The molecule has 2 aromatic rings. The molecule has 1 aliphatic rings. The number of likely N-dealkylation sites (N-methyl/N-ethyl adjacent to an activating group) is 1. The minimum absolute atomic E-state index is 0.0171. The number of rotatable bonds is 5. The normalized spacial score (nSPS) is 15.0. The van der Waals surface area contributed by atoms with Crippen molar-refractivity contribution in [2.24, 2.45) is 0 Å². The molecular formula is C21H24N4O4. The molecule has 8 heteroatoms. The van der Waals surface area contributed by atoms with E-state index in [9.17, 15) is 14.4 Å². The minimum Gasteiger partial charge on any atom is -0.481 e. The third-order valence-corrected chi connectivity index (χ3v) is 5.25. The Hall–Kier alpha value is -3.42. The Morgan fingerprint density at radius 1 is 1.28 bits per heavy atom. The van der Waals surface area contributed by atoms with Crippen LogP contribution in [-0.2, 0) is 14.4 Å². The quantitative estimate of drug-likeness (QED) is 0.587. The van der Waals surface area contributed by atoms with Gasteiger partial charge in [-0.2, -0.15) is 0 Å². The molecule has 1 aromatic heterocycles. The Bertz CT molecular complexity index is 964. The molecule has 3 N–H and O–H groups in total. The fraction of sp³-hybridized carbons (Fsp3) is 0.333. The molecule has 1 aliphatic heterocycles. The summed E-state index contributed by atoms with van der Waals surface area (Å²) in [6.45, 7) is 0.913. The van der Waals surface area contributed by atoms with E-state index in [1.54, 1.807) is 29.1 Å². The number of hydrogen-bond acceptors (Lipinski definition) is 5. The van der Waals surface area contributed by atoms with Gasteiger partial charge in [0.1, 0.15) is 12.2 Å². The van der Waals surface area contributed by atoms with Crippen molar-refractivity contribution in [3.8, 4) is 0 Å². The van der Waals surface area contributed by atoms with E-state index in [1.807, 2.05) is 24.3 Å². The van der Waals surface area contributed by atoms with E-state index >= 15 is 0 Å². The molecule has 29 heavy (non-hydrogen) atoms. The first-order chi connectivity index (χ1) is 13.8. The van der Waals surface area contributed by atoms with Gasteiger partial charge in [0, 0.05) is 43.8 Å². The largest absolute Gasteiger partial charge is 0.481 e. The van der Waals surface area contributed by atoms with Crippen LogP contribution in [0, 0.1) is 0 Å². The number of carbonyl (C=O) groups excluding carboxylic acids is 2. The summed E-state index contributed by atoms with van der Waals surface area (Å²) in [5.41, 5.74) is 6.75. The molecule has 3 rings (SSSR count). The second-order valence-corrected chi connectivity index (χ2v) is 7.14. The van der Waals surface area contributed by atoms with Crippen molar-refractivity contribution in [3.63, 3.8) is 0 Å². The van der Waals surface area contributed by atoms with Crippen molar-refractivity contribution in [1.82, 2.24) is 14.8 Å². The fourth-order valence-electron chi connectivity index (χ4n) is 3.53. The van der Waals surface area contributed by atoms with Crippen LogP contribution in [0.15, 0.2) is 36.5 Å². The molecule has 0 atom stereocenters. The van der Waals surface area contributed by atoms with Gasteiger partial charge >= 0.3 is 5.97 Å². The number of benzene rings is 1. The summed E-state index contributed by atoms with van der Waals surface area (Å²) in [6.07, 6.45) is 5.72. The number of fused-ring (bicyclic) bond motifs is 1. The Labute approximate surface area is 168 Å². The number of carboxylic acid groups (broad SMARTS) is 1. The third-order valence-electron chi connectivity index (χ3n) is 5.25. The number of aromatic nitrogens is 1. The molecule has 0 bridgehead atoms. The van der Waals surface area contributed by atoms with Crippen LogP contribution >= 0.6 is 0 Å². The second-order valence-electron chi connectivity index (χ2n) is 7.14. The number of aliphatic carboxylic acids is 1. The Kier molecular flexibility index (Phi) is 6.11. The Balaban J connectivity index is 1.58. The van der Waals surface area contributed by atoms with E-state index in [1.165, 1.54) is 6.08 Å². The number of nitrogens with zero attached hydrogens (tertiary/aromatic N) is 3. The summed E-state index contributed by atoms with van der Waals surface area (Å²) in [5, 5.41) is 10.6. The highest BCUT2D eigenvalue weighted by molar-refractivity contribution is 5.95. The first-order valence-corrected chi connectivity index (χ1v) is 9.44. The van der Waals surface area contributed by atoms with E-state index in [-0.39, 0.29) is 17.9 Å². The van der Waals surface area contributed by atoms with Gasteiger partial charge in [-0.1, -0.05) is 12.1 Å². The van der Waals surface area contributed by atoms with E-state index in [0.29, 0.717) is 31.7 Å². The number of nitrogens with two attached hydrogens (primary N) is 1. The molecule has 1 aromatic carbocycles. The maximum absolute atomic E-state index is 12.5. The summed E-state index contributed by atoms with van der Waals surface area (Å²) in [4.78, 5) is 42.3. The van der Waals surface area contributed by atoms with Crippen molar-refractivity contribution in [2.45, 2.75) is 25.3 Å². The summed E-state index contributed by atoms with van der Waals surface area (Å²) in [5.74, 6) is -1.14. The van der Waals surface area contributed by atoms with Gasteiger partial charge < -0.3 is 20.6 Å². The van der Waals surface area contributed by atoms with Gasteiger partial charge in [0.05, 0.1) is 0 Å². The number of anilines is 1. The summed E-state index contributed by atoms with van der Waals surface area (Å²) in [7, 11) is 1.75. The number of amides is 2. The van der Waals surface area contributed by atoms with Gasteiger partial charge in [-0.15, -0.1) is 0 Å². The molecule has 1 saturated heterocycles. The van der Waals surface area contributed by atoms with Crippen molar-refractivity contribution in [3.05, 3.63) is 42.1 Å². The van der Waals surface area contributed by atoms with Crippen LogP contribution in [0.4, 0.5) is 5.82 Å². The van der Waals surface area contributed by atoms with Gasteiger partial charge in [0.25, 0.3) is 0 Å². The van der Waals surface area contributed by atoms with E-state index in [4.69, 9.17) is 10.8 Å². The Morgan fingerprint density at radius 3 is 2.69 bits per heavy atom. The summed E-state index contributed by atoms with van der Waals surface area (Å²) in [6, 6.07) is 7.61. The highest BCUT2D eigenvalue weighted by Gasteiger charge is 2.27. The van der Waals surface area contributed by atoms with Crippen molar-refractivity contribution < 1.29 is 19.5 Å². The maximum Gasteiger partial charge on any atom is 0.312 e. The zero-order chi connectivity index (χ0) is 21.0. The average Bonchev–Trinajstić information content (AvgIpc) is 2.71. The molecule has 2 heterocycles.